The summed E-state index contributed by atoms with van der Waals surface area (Å²) in [6.45, 7) is 7.41. The molecule has 0 saturated heterocycles. The van der Waals surface area contributed by atoms with Gasteiger partial charge < -0.3 is 13.9 Å². The van der Waals surface area contributed by atoms with Crippen LogP contribution in [-0.4, -0.2) is 26.3 Å². The highest BCUT2D eigenvalue weighted by Gasteiger charge is 2.30. The van der Waals surface area contributed by atoms with Crippen LogP contribution in [0.4, 0.5) is 5.69 Å². The van der Waals surface area contributed by atoms with Gasteiger partial charge in [0.1, 0.15) is 0 Å². The molecule has 0 bridgehead atoms. The van der Waals surface area contributed by atoms with Crippen LogP contribution in [0.1, 0.15) is 27.7 Å². The van der Waals surface area contributed by atoms with Crippen molar-refractivity contribution in [2.24, 2.45) is 0 Å². The molecule has 5 heteroatoms. The zero-order chi connectivity index (χ0) is 14.6. The van der Waals surface area contributed by atoms with Gasteiger partial charge in [-0.15, -0.1) is 0 Å². The van der Waals surface area contributed by atoms with E-state index in [1.54, 1.807) is 6.07 Å². The first-order valence-corrected chi connectivity index (χ1v) is 8.03. The van der Waals surface area contributed by atoms with Gasteiger partial charge in [-0.2, -0.15) is 0 Å². The van der Waals surface area contributed by atoms with Gasteiger partial charge in [-0.1, -0.05) is 6.07 Å². The van der Waals surface area contributed by atoms with Gasteiger partial charge in [0, 0.05) is 19.8 Å². The molecular formula is C14H24NO3P. The fraction of sp³-hybridized carbons (Fsp3) is 0.571. The Bertz CT molecular complexity index is 444. The summed E-state index contributed by atoms with van der Waals surface area (Å²) in [7, 11) is 0.605. The van der Waals surface area contributed by atoms with Gasteiger partial charge in [-0.3, -0.25) is 4.57 Å². The number of nitrogens with zero attached hydrogens (tertiary/aromatic N) is 1. The van der Waals surface area contributed by atoms with E-state index in [1.165, 1.54) is 0 Å². The van der Waals surface area contributed by atoms with Crippen molar-refractivity contribution in [3.8, 4) is 0 Å². The van der Waals surface area contributed by atoms with Gasteiger partial charge in [0.15, 0.2) is 0 Å². The molecule has 0 radical (unpaired) electrons. The molecule has 1 aromatic carbocycles. The van der Waals surface area contributed by atoms with Crippen LogP contribution in [0.2, 0.25) is 0 Å². The Morgan fingerprint density at radius 1 is 1.05 bits per heavy atom. The third-order valence-corrected chi connectivity index (χ3v) is 4.67. The summed E-state index contributed by atoms with van der Waals surface area (Å²) in [5.74, 6) is 0. The van der Waals surface area contributed by atoms with Crippen molar-refractivity contribution in [1.29, 1.82) is 0 Å². The third kappa shape index (κ3) is 4.64. The fourth-order valence-corrected chi connectivity index (χ4v) is 3.61. The van der Waals surface area contributed by atoms with E-state index in [4.69, 9.17) is 9.05 Å². The molecule has 4 nitrogen and oxygen atoms in total. The number of anilines is 1. The molecule has 0 atom stereocenters. The lowest BCUT2D eigenvalue weighted by atomic mass is 10.3. The van der Waals surface area contributed by atoms with Crippen molar-refractivity contribution in [1.82, 2.24) is 0 Å². The lowest BCUT2D eigenvalue weighted by molar-refractivity contribution is 0.150. The maximum atomic E-state index is 12.9. The van der Waals surface area contributed by atoms with Crippen LogP contribution in [0.15, 0.2) is 24.3 Å². The first-order chi connectivity index (χ1) is 8.74. The molecule has 1 rings (SSSR count). The second kappa shape index (κ2) is 6.56. The van der Waals surface area contributed by atoms with Crippen molar-refractivity contribution in [3.05, 3.63) is 24.3 Å². The van der Waals surface area contributed by atoms with Crippen molar-refractivity contribution in [2.45, 2.75) is 39.9 Å². The van der Waals surface area contributed by atoms with Crippen molar-refractivity contribution < 1.29 is 13.6 Å². The molecule has 0 fully saturated rings. The second-order valence-electron chi connectivity index (χ2n) is 5.22. The predicted octanol–water partition coefficient (Wildman–Crippen LogP) is 3.42. The minimum atomic E-state index is -3.28. The van der Waals surface area contributed by atoms with E-state index in [1.807, 2.05) is 64.9 Å². The first-order valence-electron chi connectivity index (χ1n) is 6.49. The van der Waals surface area contributed by atoms with Gasteiger partial charge in [-0.05, 0) is 45.9 Å². The lowest BCUT2D eigenvalue weighted by Gasteiger charge is -2.24. The van der Waals surface area contributed by atoms with Crippen LogP contribution in [0.25, 0.3) is 0 Å². The van der Waals surface area contributed by atoms with E-state index in [9.17, 15) is 4.57 Å². The Morgan fingerprint density at radius 3 is 2.00 bits per heavy atom. The topological polar surface area (TPSA) is 38.8 Å². The molecule has 108 valence electrons. The zero-order valence-corrected chi connectivity index (χ0v) is 13.5. The number of benzene rings is 1. The summed E-state index contributed by atoms with van der Waals surface area (Å²) in [5.41, 5.74) is 0.970. The summed E-state index contributed by atoms with van der Waals surface area (Å²) in [5, 5.41) is 0.598. The summed E-state index contributed by atoms with van der Waals surface area (Å²) >= 11 is 0. The Hall–Kier alpha value is -0.830. The molecule has 0 spiro atoms. The molecular weight excluding hydrogens is 261 g/mol. The normalized spacial score (nSPS) is 12.2. The van der Waals surface area contributed by atoms with Crippen molar-refractivity contribution >= 4 is 18.6 Å². The van der Waals surface area contributed by atoms with E-state index < -0.39 is 7.60 Å². The van der Waals surface area contributed by atoms with Gasteiger partial charge in [0.05, 0.1) is 17.5 Å². The summed E-state index contributed by atoms with van der Waals surface area (Å²) in [6, 6.07) is 7.47. The van der Waals surface area contributed by atoms with Gasteiger partial charge >= 0.3 is 7.60 Å². The molecule has 0 aromatic heterocycles. The minimum Gasteiger partial charge on any atom is -0.378 e. The monoisotopic (exact) mass is 285 g/mol. The van der Waals surface area contributed by atoms with E-state index in [0.717, 1.165) is 5.69 Å². The highest BCUT2D eigenvalue weighted by Crippen LogP contribution is 2.49. The molecule has 1 aromatic rings. The Morgan fingerprint density at radius 2 is 1.58 bits per heavy atom. The molecule has 19 heavy (non-hydrogen) atoms. The van der Waals surface area contributed by atoms with Gasteiger partial charge in [0.25, 0.3) is 0 Å². The summed E-state index contributed by atoms with van der Waals surface area (Å²) in [6.07, 6.45) is -0.319. The minimum absolute atomic E-state index is 0.160. The number of rotatable bonds is 6. The standard InChI is InChI=1S/C14H24NO3P/c1-11(2)17-19(16,18-12(3)4)14-9-7-8-13(10-14)15(5)6/h7-12H,1-6H3. The largest absolute Gasteiger partial charge is 0.378 e. The Balaban J connectivity index is 3.17. The van der Waals surface area contributed by atoms with Crippen molar-refractivity contribution in [2.75, 3.05) is 19.0 Å². The van der Waals surface area contributed by atoms with E-state index in [-0.39, 0.29) is 12.2 Å². The third-order valence-electron chi connectivity index (χ3n) is 2.36. The van der Waals surface area contributed by atoms with Crippen molar-refractivity contribution in [3.63, 3.8) is 0 Å². The van der Waals surface area contributed by atoms with Gasteiger partial charge in [0.2, 0.25) is 0 Å². The molecule has 0 saturated carbocycles. The average Bonchev–Trinajstić information content (AvgIpc) is 2.26. The Kier molecular flexibility index (Phi) is 5.60. The first kappa shape index (κ1) is 16.2. The van der Waals surface area contributed by atoms with E-state index in [0.29, 0.717) is 5.30 Å². The van der Waals surface area contributed by atoms with Gasteiger partial charge in [-0.25, -0.2) is 0 Å². The quantitative estimate of drug-likeness (QED) is 0.751. The van der Waals surface area contributed by atoms with Crippen LogP contribution >= 0.6 is 7.60 Å². The fourth-order valence-electron chi connectivity index (χ4n) is 1.64. The predicted molar refractivity (Wildman–Crippen MR) is 80.5 cm³/mol. The zero-order valence-electron chi connectivity index (χ0n) is 12.6. The lowest BCUT2D eigenvalue weighted by Crippen LogP contribution is -2.18. The highest BCUT2D eigenvalue weighted by atomic mass is 31.2. The molecule has 0 aliphatic heterocycles. The van der Waals surface area contributed by atoms with Crippen LogP contribution < -0.4 is 10.2 Å². The SMILES string of the molecule is CC(C)OP(=O)(OC(C)C)c1cccc(N(C)C)c1. The highest BCUT2D eigenvalue weighted by molar-refractivity contribution is 7.62. The molecule has 0 aliphatic rings. The Labute approximate surface area is 116 Å². The van der Waals surface area contributed by atoms with E-state index >= 15 is 0 Å². The smallest absolute Gasteiger partial charge is 0.361 e. The number of hydrogen-bond acceptors (Lipinski definition) is 4. The summed E-state index contributed by atoms with van der Waals surface area (Å²) in [4.78, 5) is 1.96. The maximum Gasteiger partial charge on any atom is 0.361 e. The molecule has 0 amide bonds. The summed E-state index contributed by atoms with van der Waals surface area (Å²) < 4.78 is 24.1. The maximum absolute atomic E-state index is 12.9. The van der Waals surface area contributed by atoms with Crippen LogP contribution in [0.5, 0.6) is 0 Å². The molecule has 0 aliphatic carbocycles. The molecule has 0 unspecified atom stereocenters. The van der Waals surface area contributed by atoms with E-state index in [2.05, 4.69) is 0 Å². The molecule has 0 heterocycles. The van der Waals surface area contributed by atoms with Crippen LogP contribution in [0.3, 0.4) is 0 Å². The number of hydrogen-bond donors (Lipinski definition) is 0. The van der Waals surface area contributed by atoms with Crippen LogP contribution in [0, 0.1) is 0 Å². The molecule has 0 N–H and O–H groups in total. The average molecular weight is 285 g/mol. The second-order valence-corrected chi connectivity index (χ2v) is 7.15. The van der Waals surface area contributed by atoms with Crippen LogP contribution in [-0.2, 0) is 13.6 Å².